The molecule has 1 amide bonds. The van der Waals surface area contributed by atoms with E-state index < -0.39 is 29.5 Å². The topological polar surface area (TPSA) is 64.3 Å². The second-order valence-corrected chi connectivity index (χ2v) is 6.49. The van der Waals surface area contributed by atoms with E-state index in [1.165, 1.54) is 13.0 Å². The van der Waals surface area contributed by atoms with E-state index in [1.54, 1.807) is 26.8 Å². The Morgan fingerprint density at radius 2 is 1.91 bits per heavy atom. The van der Waals surface area contributed by atoms with Crippen LogP contribution in [0.4, 0.5) is 18.0 Å². The van der Waals surface area contributed by atoms with E-state index in [-0.39, 0.29) is 18.5 Å². The number of alkyl halides is 3. The molecular formula is C16H23F3N2O2. The van der Waals surface area contributed by atoms with Gasteiger partial charge in [0, 0.05) is 12.6 Å². The largest absolute Gasteiger partial charge is 0.444 e. The van der Waals surface area contributed by atoms with E-state index in [0.29, 0.717) is 5.56 Å². The number of nitrogens with two attached hydrogens (primary N) is 1. The van der Waals surface area contributed by atoms with Crippen molar-refractivity contribution < 1.29 is 22.7 Å². The molecule has 1 aromatic carbocycles. The smallest absolute Gasteiger partial charge is 0.416 e. The quantitative estimate of drug-likeness (QED) is 0.888. The Morgan fingerprint density at radius 1 is 1.30 bits per heavy atom. The number of benzene rings is 1. The van der Waals surface area contributed by atoms with Gasteiger partial charge in [0.15, 0.2) is 0 Å². The van der Waals surface area contributed by atoms with Gasteiger partial charge >= 0.3 is 12.3 Å². The monoisotopic (exact) mass is 332 g/mol. The number of hydrogen-bond acceptors (Lipinski definition) is 3. The minimum atomic E-state index is -4.39. The molecule has 4 nitrogen and oxygen atoms in total. The van der Waals surface area contributed by atoms with Crippen LogP contribution in [0.1, 0.15) is 37.5 Å². The lowest BCUT2D eigenvalue weighted by Gasteiger charge is -2.21. The minimum absolute atomic E-state index is 0.115. The summed E-state index contributed by atoms with van der Waals surface area (Å²) in [6.45, 7) is 6.73. The van der Waals surface area contributed by atoms with E-state index in [2.05, 4.69) is 5.32 Å². The molecule has 1 unspecified atom stereocenters. The Morgan fingerprint density at radius 3 is 2.43 bits per heavy atom. The summed E-state index contributed by atoms with van der Waals surface area (Å²) in [6, 6.07) is 3.62. The molecule has 1 atom stereocenters. The van der Waals surface area contributed by atoms with Crippen molar-refractivity contribution in [2.24, 2.45) is 5.73 Å². The molecule has 0 radical (unpaired) electrons. The fourth-order valence-corrected chi connectivity index (χ4v) is 2.01. The van der Waals surface area contributed by atoms with Crippen molar-refractivity contribution in [2.45, 2.75) is 51.9 Å². The second-order valence-electron chi connectivity index (χ2n) is 6.49. The molecule has 0 aromatic heterocycles. The minimum Gasteiger partial charge on any atom is -0.444 e. The maximum atomic E-state index is 12.9. The van der Waals surface area contributed by atoms with Gasteiger partial charge in [0.2, 0.25) is 0 Å². The highest BCUT2D eigenvalue weighted by Gasteiger charge is 2.32. The summed E-state index contributed by atoms with van der Waals surface area (Å²) >= 11 is 0. The van der Waals surface area contributed by atoms with Crippen LogP contribution >= 0.6 is 0 Å². The number of alkyl carbamates (subject to hydrolysis) is 1. The van der Waals surface area contributed by atoms with Crippen LogP contribution in [0.3, 0.4) is 0 Å². The number of amides is 1. The Labute approximate surface area is 134 Å². The van der Waals surface area contributed by atoms with Gasteiger partial charge in [0.05, 0.1) is 5.56 Å². The highest BCUT2D eigenvalue weighted by atomic mass is 19.4. The summed E-state index contributed by atoms with van der Waals surface area (Å²) < 4.78 is 43.7. The second kappa shape index (κ2) is 7.21. The number of carbonyl (C=O) groups is 1. The molecule has 23 heavy (non-hydrogen) atoms. The van der Waals surface area contributed by atoms with Gasteiger partial charge in [-0.05, 0) is 51.3 Å². The third kappa shape index (κ3) is 6.90. The number of halogens is 3. The van der Waals surface area contributed by atoms with Crippen molar-refractivity contribution in [3.63, 3.8) is 0 Å². The number of rotatable bonds is 4. The molecular weight excluding hydrogens is 309 g/mol. The van der Waals surface area contributed by atoms with Gasteiger partial charge in [0.25, 0.3) is 0 Å². The molecule has 0 heterocycles. The van der Waals surface area contributed by atoms with Gasteiger partial charge in [0.1, 0.15) is 5.60 Å². The molecule has 0 aliphatic carbocycles. The molecule has 0 spiro atoms. The number of ether oxygens (including phenoxy) is 1. The molecule has 0 saturated heterocycles. The maximum absolute atomic E-state index is 12.9. The van der Waals surface area contributed by atoms with E-state index in [1.807, 2.05) is 0 Å². The summed E-state index contributed by atoms with van der Waals surface area (Å²) in [5, 5.41) is 2.51. The summed E-state index contributed by atoms with van der Waals surface area (Å²) in [4.78, 5) is 11.5. The van der Waals surface area contributed by atoms with Gasteiger partial charge in [-0.1, -0.05) is 12.1 Å². The number of carbonyl (C=O) groups excluding carboxylic acids is 1. The summed E-state index contributed by atoms with van der Waals surface area (Å²) in [6.07, 6.45) is -4.77. The van der Waals surface area contributed by atoms with E-state index in [4.69, 9.17) is 10.5 Å². The Kier molecular flexibility index (Phi) is 6.04. The van der Waals surface area contributed by atoms with E-state index >= 15 is 0 Å². The Hall–Kier alpha value is -1.76. The lowest BCUT2D eigenvalue weighted by atomic mass is 10.00. The number of hydrogen-bond donors (Lipinski definition) is 2. The van der Waals surface area contributed by atoms with Crippen molar-refractivity contribution in [1.82, 2.24) is 5.32 Å². The van der Waals surface area contributed by atoms with E-state index in [0.717, 1.165) is 6.07 Å². The standard InChI is InChI=1S/C16H23F3N2O2/c1-10-5-6-11(8-13(10)16(17,18)19)7-12(20)9-21-14(22)23-15(2,3)4/h5-6,8,12H,7,9,20H2,1-4H3,(H,21,22). The lowest BCUT2D eigenvalue weighted by molar-refractivity contribution is -0.138. The third-order valence-corrected chi connectivity index (χ3v) is 3.01. The summed E-state index contributed by atoms with van der Waals surface area (Å²) in [7, 11) is 0. The first kappa shape index (κ1) is 19.3. The molecule has 0 saturated carbocycles. The van der Waals surface area contributed by atoms with Crippen molar-refractivity contribution in [1.29, 1.82) is 0 Å². The molecule has 130 valence electrons. The van der Waals surface area contributed by atoms with Gasteiger partial charge < -0.3 is 15.8 Å². The summed E-state index contributed by atoms with van der Waals surface area (Å²) in [5.41, 5.74) is 5.22. The zero-order valence-electron chi connectivity index (χ0n) is 13.8. The van der Waals surface area contributed by atoms with E-state index in [9.17, 15) is 18.0 Å². The molecule has 3 N–H and O–H groups in total. The molecule has 0 aliphatic heterocycles. The molecule has 0 fully saturated rings. The molecule has 1 rings (SSSR count). The zero-order valence-corrected chi connectivity index (χ0v) is 13.8. The van der Waals surface area contributed by atoms with Crippen LogP contribution < -0.4 is 11.1 Å². The Balaban J connectivity index is 2.61. The van der Waals surface area contributed by atoms with Crippen molar-refractivity contribution in [2.75, 3.05) is 6.54 Å². The normalized spacial score (nSPS) is 13.6. The van der Waals surface area contributed by atoms with Gasteiger partial charge in [-0.3, -0.25) is 0 Å². The van der Waals surface area contributed by atoms with Gasteiger partial charge in [-0.25, -0.2) is 4.79 Å². The van der Waals surface area contributed by atoms with Crippen LogP contribution in [-0.4, -0.2) is 24.3 Å². The fourth-order valence-electron chi connectivity index (χ4n) is 2.01. The summed E-state index contributed by atoms with van der Waals surface area (Å²) in [5.74, 6) is 0. The molecule has 7 heteroatoms. The highest BCUT2D eigenvalue weighted by molar-refractivity contribution is 5.67. The van der Waals surface area contributed by atoms with Gasteiger partial charge in [-0.15, -0.1) is 0 Å². The van der Waals surface area contributed by atoms with Crippen LogP contribution in [0.5, 0.6) is 0 Å². The molecule has 0 bridgehead atoms. The first-order chi connectivity index (χ1) is 10.4. The van der Waals surface area contributed by atoms with Crippen molar-refractivity contribution in [3.8, 4) is 0 Å². The van der Waals surface area contributed by atoms with Crippen LogP contribution in [-0.2, 0) is 17.3 Å². The average molecular weight is 332 g/mol. The Bertz CT molecular complexity index is 551. The predicted molar refractivity (Wildman–Crippen MR) is 82.1 cm³/mol. The number of aryl methyl sites for hydroxylation is 1. The van der Waals surface area contributed by atoms with Crippen LogP contribution in [0.15, 0.2) is 18.2 Å². The highest BCUT2D eigenvalue weighted by Crippen LogP contribution is 2.32. The van der Waals surface area contributed by atoms with Crippen LogP contribution in [0, 0.1) is 6.92 Å². The molecule has 1 aromatic rings. The molecule has 0 aliphatic rings. The predicted octanol–water partition coefficient (Wildman–Crippen LogP) is 3.41. The SMILES string of the molecule is Cc1ccc(CC(N)CNC(=O)OC(C)(C)C)cc1C(F)(F)F. The van der Waals surface area contributed by atoms with Crippen molar-refractivity contribution in [3.05, 3.63) is 34.9 Å². The number of nitrogens with one attached hydrogen (secondary N) is 1. The third-order valence-electron chi connectivity index (χ3n) is 3.01. The first-order valence-corrected chi connectivity index (χ1v) is 7.27. The lowest BCUT2D eigenvalue weighted by Crippen LogP contribution is -2.41. The van der Waals surface area contributed by atoms with Crippen LogP contribution in [0.2, 0.25) is 0 Å². The van der Waals surface area contributed by atoms with Crippen LogP contribution in [0.25, 0.3) is 0 Å². The average Bonchev–Trinajstić information content (AvgIpc) is 2.35. The maximum Gasteiger partial charge on any atom is 0.416 e. The first-order valence-electron chi connectivity index (χ1n) is 7.27. The zero-order chi connectivity index (χ0) is 17.8. The van der Waals surface area contributed by atoms with Crippen molar-refractivity contribution >= 4 is 6.09 Å². The van der Waals surface area contributed by atoms with Gasteiger partial charge in [-0.2, -0.15) is 13.2 Å². The fraction of sp³-hybridized carbons (Fsp3) is 0.562.